The topological polar surface area (TPSA) is 61.2 Å². The lowest BCUT2D eigenvalue weighted by Gasteiger charge is -2.13. The second-order valence-electron chi connectivity index (χ2n) is 7.53. The summed E-state index contributed by atoms with van der Waals surface area (Å²) >= 11 is 2.18. The molecule has 0 N–H and O–H groups in total. The van der Waals surface area contributed by atoms with Crippen LogP contribution >= 0.6 is 23.1 Å². The number of carbonyl (C=O) groups is 1. The van der Waals surface area contributed by atoms with Crippen molar-refractivity contribution in [3.8, 4) is 0 Å². The number of ether oxygens (including phenoxy) is 1. The third kappa shape index (κ3) is 4.90. The highest BCUT2D eigenvalue weighted by Gasteiger charge is 2.23. The summed E-state index contributed by atoms with van der Waals surface area (Å²) in [5.41, 5.74) is 1.20. The van der Waals surface area contributed by atoms with Crippen LogP contribution < -0.4 is 5.56 Å². The summed E-state index contributed by atoms with van der Waals surface area (Å²) < 4.78 is 35.0. The first kappa shape index (κ1) is 24.1. The molecule has 0 atom stereocenters. The van der Waals surface area contributed by atoms with E-state index in [2.05, 4.69) is 4.98 Å². The van der Waals surface area contributed by atoms with Crippen molar-refractivity contribution < 1.29 is 18.3 Å². The van der Waals surface area contributed by atoms with Crippen LogP contribution in [0.25, 0.3) is 10.2 Å². The number of hydrogen-bond donors (Lipinski definition) is 0. The molecule has 34 heavy (non-hydrogen) atoms. The minimum atomic E-state index is -0.650. The van der Waals surface area contributed by atoms with Gasteiger partial charge in [-0.05, 0) is 43.5 Å². The van der Waals surface area contributed by atoms with Crippen molar-refractivity contribution in [1.82, 2.24) is 9.55 Å². The molecule has 0 fully saturated rings. The quantitative estimate of drug-likeness (QED) is 0.175. The molecule has 2 aromatic carbocycles. The number of thioether (sulfide) groups is 1. The second kappa shape index (κ2) is 10.5. The monoisotopic (exact) mass is 500 g/mol. The second-order valence-corrected chi connectivity index (χ2v) is 9.47. The zero-order valence-electron chi connectivity index (χ0n) is 18.6. The van der Waals surface area contributed by atoms with Crippen LogP contribution in [0.2, 0.25) is 0 Å². The smallest absolute Gasteiger partial charge is 0.348 e. The molecular formula is C25H22F2N2O3S2. The summed E-state index contributed by atoms with van der Waals surface area (Å²) in [6.07, 6.45) is 0.573. The molecule has 0 unspecified atom stereocenters. The highest BCUT2D eigenvalue weighted by atomic mass is 32.2. The molecule has 0 bridgehead atoms. The Kier molecular flexibility index (Phi) is 7.43. The van der Waals surface area contributed by atoms with E-state index in [1.165, 1.54) is 22.8 Å². The van der Waals surface area contributed by atoms with E-state index in [-0.39, 0.29) is 23.5 Å². The van der Waals surface area contributed by atoms with E-state index in [9.17, 15) is 18.4 Å². The van der Waals surface area contributed by atoms with E-state index in [0.717, 1.165) is 28.7 Å². The number of thiophene rings is 1. The number of rotatable bonds is 8. The van der Waals surface area contributed by atoms with Crippen molar-refractivity contribution in [2.24, 2.45) is 0 Å². The van der Waals surface area contributed by atoms with Gasteiger partial charge in [0.25, 0.3) is 5.56 Å². The molecule has 2 heterocycles. The number of benzene rings is 2. The first-order valence-corrected chi connectivity index (χ1v) is 12.5. The number of halogens is 2. The van der Waals surface area contributed by atoms with Crippen molar-refractivity contribution in [3.63, 3.8) is 0 Å². The van der Waals surface area contributed by atoms with Gasteiger partial charge in [-0.2, -0.15) is 0 Å². The van der Waals surface area contributed by atoms with Gasteiger partial charge < -0.3 is 4.74 Å². The maximum absolute atomic E-state index is 14.2. The highest BCUT2D eigenvalue weighted by molar-refractivity contribution is 7.98. The van der Waals surface area contributed by atoms with E-state index < -0.39 is 17.6 Å². The van der Waals surface area contributed by atoms with E-state index in [1.54, 1.807) is 13.8 Å². The summed E-state index contributed by atoms with van der Waals surface area (Å²) in [6.45, 7) is 3.97. The largest absolute Gasteiger partial charge is 0.462 e. The number of aromatic nitrogens is 2. The number of aryl methyl sites for hydroxylation is 2. The third-order valence-electron chi connectivity index (χ3n) is 5.35. The maximum atomic E-state index is 14.2. The van der Waals surface area contributed by atoms with E-state index in [4.69, 9.17) is 4.74 Å². The fourth-order valence-electron chi connectivity index (χ4n) is 3.59. The molecule has 0 aliphatic heterocycles. The zero-order valence-corrected chi connectivity index (χ0v) is 20.3. The van der Waals surface area contributed by atoms with E-state index >= 15 is 0 Å². The lowest BCUT2D eigenvalue weighted by atomic mass is 10.1. The van der Waals surface area contributed by atoms with E-state index in [0.29, 0.717) is 38.8 Å². The molecule has 0 spiro atoms. The van der Waals surface area contributed by atoms with Crippen LogP contribution in [-0.2, 0) is 23.5 Å². The Morgan fingerprint density at radius 1 is 1.12 bits per heavy atom. The Balaban J connectivity index is 1.77. The van der Waals surface area contributed by atoms with Crippen molar-refractivity contribution in [3.05, 3.63) is 92.1 Å². The average Bonchev–Trinajstić information content (AvgIpc) is 3.15. The predicted octanol–water partition coefficient (Wildman–Crippen LogP) is 5.76. The first-order chi connectivity index (χ1) is 16.4. The van der Waals surface area contributed by atoms with Gasteiger partial charge >= 0.3 is 5.97 Å². The minimum Gasteiger partial charge on any atom is -0.462 e. The van der Waals surface area contributed by atoms with Gasteiger partial charge in [0.05, 0.1) is 12.0 Å². The van der Waals surface area contributed by atoms with Crippen LogP contribution in [0, 0.1) is 18.6 Å². The molecule has 176 valence electrons. The van der Waals surface area contributed by atoms with Crippen molar-refractivity contribution in [1.29, 1.82) is 0 Å². The van der Waals surface area contributed by atoms with Gasteiger partial charge in [0.1, 0.15) is 21.3 Å². The number of nitrogens with zero attached hydrogens (tertiary/aromatic N) is 2. The molecule has 0 aliphatic rings. The maximum Gasteiger partial charge on any atom is 0.348 e. The summed E-state index contributed by atoms with van der Waals surface area (Å²) in [7, 11) is 0. The number of fused-ring (bicyclic) bond motifs is 1. The lowest BCUT2D eigenvalue weighted by Crippen LogP contribution is -2.24. The minimum absolute atomic E-state index is 0.0309. The van der Waals surface area contributed by atoms with Crippen LogP contribution in [-0.4, -0.2) is 22.1 Å². The van der Waals surface area contributed by atoms with Gasteiger partial charge in [-0.1, -0.05) is 48.2 Å². The van der Waals surface area contributed by atoms with Crippen LogP contribution in [0.4, 0.5) is 8.78 Å². The molecule has 5 nitrogen and oxygen atoms in total. The van der Waals surface area contributed by atoms with Crippen LogP contribution in [0.3, 0.4) is 0 Å². The van der Waals surface area contributed by atoms with Gasteiger partial charge in [0.2, 0.25) is 0 Å². The summed E-state index contributed by atoms with van der Waals surface area (Å²) in [4.78, 5) is 31.3. The molecule has 2 aromatic heterocycles. The summed E-state index contributed by atoms with van der Waals surface area (Å²) in [6, 6.07) is 13.4. The van der Waals surface area contributed by atoms with Crippen LogP contribution in [0.1, 0.15) is 33.3 Å². The van der Waals surface area contributed by atoms with Gasteiger partial charge in [-0.25, -0.2) is 18.6 Å². The lowest BCUT2D eigenvalue weighted by molar-refractivity contribution is 0.0531. The Morgan fingerprint density at radius 3 is 2.50 bits per heavy atom. The molecule has 0 amide bonds. The van der Waals surface area contributed by atoms with Crippen molar-refractivity contribution in [2.75, 3.05) is 6.61 Å². The number of hydrogen-bond acceptors (Lipinski definition) is 6. The molecule has 9 heteroatoms. The molecule has 4 rings (SSSR count). The molecule has 0 saturated carbocycles. The Bertz CT molecular complexity index is 1380. The molecular weight excluding hydrogens is 478 g/mol. The van der Waals surface area contributed by atoms with Crippen LogP contribution in [0.15, 0.2) is 58.5 Å². The fourth-order valence-corrected chi connectivity index (χ4v) is 5.75. The Labute approximate surface area is 203 Å². The predicted molar refractivity (Wildman–Crippen MR) is 131 cm³/mol. The van der Waals surface area contributed by atoms with Gasteiger partial charge in [0, 0.05) is 17.9 Å². The highest BCUT2D eigenvalue weighted by Crippen LogP contribution is 2.31. The van der Waals surface area contributed by atoms with E-state index in [1.807, 2.05) is 30.3 Å². The summed E-state index contributed by atoms with van der Waals surface area (Å²) in [5, 5.41) is 0.704. The third-order valence-corrected chi connectivity index (χ3v) is 7.52. The fraction of sp³-hybridized carbons (Fsp3) is 0.240. The van der Waals surface area contributed by atoms with Gasteiger partial charge in [-0.3, -0.25) is 9.36 Å². The molecule has 4 aromatic rings. The van der Waals surface area contributed by atoms with Crippen molar-refractivity contribution >= 4 is 39.3 Å². The molecule has 0 saturated heterocycles. The number of esters is 1. The number of carbonyl (C=O) groups excluding carboxylic acids is 1. The Morgan fingerprint density at radius 2 is 1.82 bits per heavy atom. The molecule has 0 radical (unpaired) electrons. The zero-order chi connectivity index (χ0) is 24.2. The van der Waals surface area contributed by atoms with Crippen LogP contribution in [0.5, 0.6) is 0 Å². The summed E-state index contributed by atoms with van der Waals surface area (Å²) in [5.74, 6) is -1.83. The van der Waals surface area contributed by atoms with Crippen molar-refractivity contribution in [2.45, 2.75) is 37.7 Å². The molecule has 0 aliphatic carbocycles. The SMILES string of the molecule is CCOC(=O)c1sc2nc(SCc3c(F)cccc3F)n(CCc3ccccc3)c(=O)c2c1C. The standard InChI is InChI=1S/C25H22F2N2O3S2/c1-3-32-24(31)21-15(2)20-22(34-21)28-25(33-14-17-18(26)10-7-11-19(17)27)29(23(20)30)13-12-16-8-5-4-6-9-16/h4-11H,3,12-14H2,1-2H3. The Hall–Kier alpha value is -3.04. The van der Waals surface area contributed by atoms with Gasteiger partial charge in [-0.15, -0.1) is 11.3 Å². The average molecular weight is 501 g/mol. The van der Waals surface area contributed by atoms with Gasteiger partial charge in [0.15, 0.2) is 5.16 Å². The normalized spacial score (nSPS) is 11.2. The first-order valence-electron chi connectivity index (χ1n) is 10.7.